The molecule has 2 rings (SSSR count). The van der Waals surface area contributed by atoms with Crippen molar-refractivity contribution in [2.45, 2.75) is 58.7 Å². The standard InChI is InChI=1S/C16H27N3/c1-3-16-7-5-6-10-19(16)13-15-9-8-14(12-18-15)11-17-4-2/h8-9,12,16-17H,3-7,10-11,13H2,1-2H3. The van der Waals surface area contributed by atoms with Gasteiger partial charge in [0.15, 0.2) is 0 Å². The Balaban J connectivity index is 1.90. The largest absolute Gasteiger partial charge is 0.313 e. The van der Waals surface area contributed by atoms with Gasteiger partial charge in [-0.3, -0.25) is 9.88 Å². The molecule has 1 N–H and O–H groups in total. The molecular formula is C16H27N3. The minimum absolute atomic E-state index is 0.761. The predicted molar refractivity (Wildman–Crippen MR) is 80.0 cm³/mol. The van der Waals surface area contributed by atoms with Crippen molar-refractivity contribution in [3.8, 4) is 0 Å². The van der Waals surface area contributed by atoms with E-state index < -0.39 is 0 Å². The Kier molecular flexibility index (Phi) is 5.80. The highest BCUT2D eigenvalue weighted by molar-refractivity contribution is 5.14. The zero-order chi connectivity index (χ0) is 13.5. The normalized spacial score (nSPS) is 20.6. The first-order chi connectivity index (χ1) is 9.33. The molecule has 0 spiro atoms. The molecule has 1 atom stereocenters. The molecule has 0 aromatic carbocycles. The number of piperidine rings is 1. The summed E-state index contributed by atoms with van der Waals surface area (Å²) in [5.41, 5.74) is 2.48. The van der Waals surface area contributed by atoms with Crippen LogP contribution in [0.3, 0.4) is 0 Å². The van der Waals surface area contributed by atoms with Crippen LogP contribution in [0.1, 0.15) is 50.8 Å². The molecule has 2 heterocycles. The van der Waals surface area contributed by atoms with Crippen LogP contribution >= 0.6 is 0 Å². The Labute approximate surface area is 117 Å². The summed E-state index contributed by atoms with van der Waals surface area (Å²) in [6.07, 6.45) is 7.37. The Hall–Kier alpha value is -0.930. The maximum absolute atomic E-state index is 4.61. The van der Waals surface area contributed by atoms with Crippen molar-refractivity contribution in [3.63, 3.8) is 0 Å². The second kappa shape index (κ2) is 7.61. The molecule has 0 bridgehead atoms. The Morgan fingerprint density at radius 3 is 2.89 bits per heavy atom. The van der Waals surface area contributed by atoms with Crippen molar-refractivity contribution in [3.05, 3.63) is 29.6 Å². The van der Waals surface area contributed by atoms with Gasteiger partial charge in [0.2, 0.25) is 0 Å². The fourth-order valence-corrected chi connectivity index (χ4v) is 2.86. The molecule has 0 radical (unpaired) electrons. The lowest BCUT2D eigenvalue weighted by Crippen LogP contribution is -2.38. The van der Waals surface area contributed by atoms with E-state index in [0.717, 1.165) is 25.7 Å². The van der Waals surface area contributed by atoms with E-state index in [1.807, 2.05) is 6.20 Å². The topological polar surface area (TPSA) is 28.2 Å². The molecule has 1 unspecified atom stereocenters. The van der Waals surface area contributed by atoms with Crippen molar-refractivity contribution in [2.75, 3.05) is 13.1 Å². The van der Waals surface area contributed by atoms with Crippen LogP contribution in [0.4, 0.5) is 0 Å². The third-order valence-electron chi connectivity index (χ3n) is 4.05. The van der Waals surface area contributed by atoms with Gasteiger partial charge < -0.3 is 5.32 Å². The van der Waals surface area contributed by atoms with Crippen LogP contribution in [0.15, 0.2) is 18.3 Å². The second-order valence-corrected chi connectivity index (χ2v) is 5.47. The van der Waals surface area contributed by atoms with Crippen molar-refractivity contribution in [1.29, 1.82) is 0 Å². The Bertz CT molecular complexity index is 361. The first kappa shape index (κ1) is 14.5. The monoisotopic (exact) mass is 261 g/mol. The molecule has 106 valence electrons. The van der Waals surface area contributed by atoms with Crippen molar-refractivity contribution < 1.29 is 0 Å². The first-order valence-corrected chi connectivity index (χ1v) is 7.72. The number of hydrogen-bond donors (Lipinski definition) is 1. The molecule has 19 heavy (non-hydrogen) atoms. The quantitative estimate of drug-likeness (QED) is 0.853. The van der Waals surface area contributed by atoms with Gasteiger partial charge >= 0.3 is 0 Å². The number of nitrogens with zero attached hydrogens (tertiary/aromatic N) is 2. The van der Waals surface area contributed by atoms with E-state index in [-0.39, 0.29) is 0 Å². The summed E-state index contributed by atoms with van der Waals surface area (Å²) >= 11 is 0. The van der Waals surface area contributed by atoms with Crippen LogP contribution in [0, 0.1) is 0 Å². The smallest absolute Gasteiger partial charge is 0.0544 e. The zero-order valence-electron chi connectivity index (χ0n) is 12.4. The SMILES string of the molecule is CCNCc1ccc(CN2CCCCC2CC)nc1. The van der Waals surface area contributed by atoms with E-state index in [9.17, 15) is 0 Å². The van der Waals surface area contributed by atoms with Crippen molar-refractivity contribution in [1.82, 2.24) is 15.2 Å². The van der Waals surface area contributed by atoms with E-state index >= 15 is 0 Å². The molecule has 1 aromatic rings. The van der Waals surface area contributed by atoms with Crippen LogP contribution in [-0.2, 0) is 13.1 Å². The summed E-state index contributed by atoms with van der Waals surface area (Å²) < 4.78 is 0. The minimum atomic E-state index is 0.761. The molecule has 0 amide bonds. The maximum Gasteiger partial charge on any atom is 0.0544 e. The molecule has 0 saturated carbocycles. The fourth-order valence-electron chi connectivity index (χ4n) is 2.86. The number of hydrogen-bond acceptors (Lipinski definition) is 3. The number of aromatic nitrogens is 1. The molecule has 1 aliphatic heterocycles. The maximum atomic E-state index is 4.61. The fraction of sp³-hybridized carbons (Fsp3) is 0.688. The first-order valence-electron chi connectivity index (χ1n) is 7.72. The van der Waals surface area contributed by atoms with Gasteiger partial charge in [-0.15, -0.1) is 0 Å². The van der Waals surface area contributed by atoms with Gasteiger partial charge in [0, 0.05) is 25.3 Å². The molecule has 1 fully saturated rings. The molecule has 1 saturated heterocycles. The highest BCUT2D eigenvalue weighted by Gasteiger charge is 2.20. The average molecular weight is 261 g/mol. The third-order valence-corrected chi connectivity index (χ3v) is 4.05. The number of rotatable bonds is 6. The number of likely N-dealkylation sites (tertiary alicyclic amines) is 1. The predicted octanol–water partition coefficient (Wildman–Crippen LogP) is 2.96. The lowest BCUT2D eigenvalue weighted by molar-refractivity contribution is 0.134. The molecular weight excluding hydrogens is 234 g/mol. The molecule has 0 aliphatic carbocycles. The van der Waals surface area contributed by atoms with E-state index in [2.05, 4.69) is 41.2 Å². The van der Waals surface area contributed by atoms with E-state index in [1.165, 1.54) is 43.5 Å². The summed E-state index contributed by atoms with van der Waals surface area (Å²) in [6.45, 7) is 8.61. The van der Waals surface area contributed by atoms with Gasteiger partial charge in [-0.25, -0.2) is 0 Å². The highest BCUT2D eigenvalue weighted by atomic mass is 15.2. The minimum Gasteiger partial charge on any atom is -0.313 e. The van der Waals surface area contributed by atoms with Crippen LogP contribution in [0.25, 0.3) is 0 Å². The van der Waals surface area contributed by atoms with Crippen LogP contribution in [0.2, 0.25) is 0 Å². The van der Waals surface area contributed by atoms with E-state index in [0.29, 0.717) is 0 Å². The van der Waals surface area contributed by atoms with Crippen LogP contribution in [-0.4, -0.2) is 29.0 Å². The molecule has 3 heteroatoms. The molecule has 3 nitrogen and oxygen atoms in total. The second-order valence-electron chi connectivity index (χ2n) is 5.47. The van der Waals surface area contributed by atoms with Gasteiger partial charge in [-0.2, -0.15) is 0 Å². The van der Waals surface area contributed by atoms with Gasteiger partial charge in [0.05, 0.1) is 5.69 Å². The van der Waals surface area contributed by atoms with Gasteiger partial charge in [-0.05, 0) is 44.0 Å². The lowest BCUT2D eigenvalue weighted by atomic mass is 10.00. The summed E-state index contributed by atoms with van der Waals surface area (Å²) in [7, 11) is 0. The molecule has 1 aromatic heterocycles. The summed E-state index contributed by atoms with van der Waals surface area (Å²) in [4.78, 5) is 7.22. The van der Waals surface area contributed by atoms with Crippen LogP contribution in [0.5, 0.6) is 0 Å². The van der Waals surface area contributed by atoms with Gasteiger partial charge in [-0.1, -0.05) is 26.3 Å². The Morgan fingerprint density at radius 1 is 1.32 bits per heavy atom. The van der Waals surface area contributed by atoms with E-state index in [1.54, 1.807) is 0 Å². The lowest BCUT2D eigenvalue weighted by Gasteiger charge is -2.34. The van der Waals surface area contributed by atoms with Gasteiger partial charge in [0.1, 0.15) is 0 Å². The zero-order valence-corrected chi connectivity index (χ0v) is 12.4. The highest BCUT2D eigenvalue weighted by Crippen LogP contribution is 2.21. The van der Waals surface area contributed by atoms with Crippen molar-refractivity contribution >= 4 is 0 Å². The third kappa shape index (κ3) is 4.29. The van der Waals surface area contributed by atoms with Gasteiger partial charge in [0.25, 0.3) is 0 Å². The Morgan fingerprint density at radius 2 is 2.21 bits per heavy atom. The van der Waals surface area contributed by atoms with Crippen LogP contribution < -0.4 is 5.32 Å². The summed E-state index contributed by atoms with van der Waals surface area (Å²) in [5, 5.41) is 3.33. The van der Waals surface area contributed by atoms with Crippen molar-refractivity contribution in [2.24, 2.45) is 0 Å². The molecule has 1 aliphatic rings. The number of pyridine rings is 1. The number of nitrogens with one attached hydrogen (secondary N) is 1. The summed E-state index contributed by atoms with van der Waals surface area (Å²) in [6, 6.07) is 5.15. The average Bonchev–Trinajstić information content (AvgIpc) is 2.47. The summed E-state index contributed by atoms with van der Waals surface area (Å²) in [5.74, 6) is 0. The van der Waals surface area contributed by atoms with E-state index in [4.69, 9.17) is 0 Å².